The lowest BCUT2D eigenvalue weighted by Gasteiger charge is -2.30. The van der Waals surface area contributed by atoms with Crippen LogP contribution in [-0.4, -0.2) is 21.5 Å². The first-order chi connectivity index (χ1) is 6.92. The monoisotopic (exact) mass is 194 g/mol. The van der Waals surface area contributed by atoms with Gasteiger partial charge in [0.25, 0.3) is 0 Å². The average molecular weight is 194 g/mol. The van der Waals surface area contributed by atoms with Crippen molar-refractivity contribution >= 4 is 0 Å². The SMILES string of the molecule is NCCC1CCCCC1n1nccn1. The number of aromatic nitrogens is 3. The van der Waals surface area contributed by atoms with Gasteiger partial charge in [-0.2, -0.15) is 15.0 Å². The molecule has 1 saturated carbocycles. The first-order valence-corrected chi connectivity index (χ1v) is 5.47. The van der Waals surface area contributed by atoms with Crippen LogP contribution in [0.4, 0.5) is 0 Å². The van der Waals surface area contributed by atoms with Crippen LogP contribution in [0.5, 0.6) is 0 Å². The summed E-state index contributed by atoms with van der Waals surface area (Å²) in [6, 6.07) is 0.488. The van der Waals surface area contributed by atoms with Crippen LogP contribution in [0.2, 0.25) is 0 Å². The maximum atomic E-state index is 5.62. The Kier molecular flexibility index (Phi) is 3.14. The predicted molar refractivity (Wildman–Crippen MR) is 54.7 cm³/mol. The number of hydrogen-bond acceptors (Lipinski definition) is 3. The lowest BCUT2D eigenvalue weighted by atomic mass is 9.83. The molecule has 0 saturated heterocycles. The molecule has 4 nitrogen and oxygen atoms in total. The van der Waals surface area contributed by atoms with Gasteiger partial charge in [-0.1, -0.05) is 12.8 Å². The second kappa shape index (κ2) is 4.55. The van der Waals surface area contributed by atoms with Crippen molar-refractivity contribution in [1.82, 2.24) is 15.0 Å². The van der Waals surface area contributed by atoms with Crippen molar-refractivity contribution in [2.75, 3.05) is 6.54 Å². The second-order valence-corrected chi connectivity index (χ2v) is 4.04. The van der Waals surface area contributed by atoms with Crippen molar-refractivity contribution in [1.29, 1.82) is 0 Å². The summed E-state index contributed by atoms with van der Waals surface area (Å²) in [4.78, 5) is 1.87. The Morgan fingerprint density at radius 1 is 1.21 bits per heavy atom. The number of nitrogens with zero attached hydrogens (tertiary/aromatic N) is 3. The van der Waals surface area contributed by atoms with Crippen LogP contribution in [0.15, 0.2) is 12.4 Å². The molecule has 0 radical (unpaired) electrons. The average Bonchev–Trinajstić information content (AvgIpc) is 2.72. The molecule has 1 fully saturated rings. The summed E-state index contributed by atoms with van der Waals surface area (Å²) >= 11 is 0. The van der Waals surface area contributed by atoms with Gasteiger partial charge in [0, 0.05) is 0 Å². The van der Waals surface area contributed by atoms with Crippen LogP contribution in [-0.2, 0) is 0 Å². The fraction of sp³-hybridized carbons (Fsp3) is 0.800. The summed E-state index contributed by atoms with van der Waals surface area (Å²) in [5.41, 5.74) is 5.62. The Labute approximate surface area is 84.5 Å². The normalized spacial score (nSPS) is 27.8. The molecule has 2 rings (SSSR count). The third kappa shape index (κ3) is 1.95. The Morgan fingerprint density at radius 3 is 2.64 bits per heavy atom. The molecule has 0 amide bonds. The summed E-state index contributed by atoms with van der Waals surface area (Å²) in [6.07, 6.45) is 9.74. The van der Waals surface area contributed by atoms with Crippen LogP contribution in [0.1, 0.15) is 38.1 Å². The first kappa shape index (κ1) is 9.65. The van der Waals surface area contributed by atoms with E-state index in [9.17, 15) is 0 Å². The van der Waals surface area contributed by atoms with Crippen molar-refractivity contribution in [2.45, 2.75) is 38.1 Å². The molecule has 1 aliphatic rings. The summed E-state index contributed by atoms with van der Waals surface area (Å²) in [6.45, 7) is 0.780. The van der Waals surface area contributed by atoms with Gasteiger partial charge in [-0.15, -0.1) is 0 Å². The highest BCUT2D eigenvalue weighted by atomic mass is 15.5. The fourth-order valence-electron chi connectivity index (χ4n) is 2.44. The molecule has 4 heteroatoms. The van der Waals surface area contributed by atoms with Crippen molar-refractivity contribution in [3.05, 3.63) is 12.4 Å². The third-order valence-electron chi connectivity index (χ3n) is 3.14. The topological polar surface area (TPSA) is 56.7 Å². The van der Waals surface area contributed by atoms with Crippen LogP contribution < -0.4 is 5.73 Å². The molecule has 1 aliphatic carbocycles. The van der Waals surface area contributed by atoms with Gasteiger partial charge < -0.3 is 5.73 Å². The van der Waals surface area contributed by atoms with Crippen molar-refractivity contribution in [2.24, 2.45) is 11.7 Å². The van der Waals surface area contributed by atoms with Gasteiger partial charge in [-0.05, 0) is 31.7 Å². The van der Waals surface area contributed by atoms with Gasteiger partial charge in [0.15, 0.2) is 0 Å². The zero-order valence-electron chi connectivity index (χ0n) is 8.47. The summed E-state index contributed by atoms with van der Waals surface area (Å²) in [5.74, 6) is 0.682. The maximum absolute atomic E-state index is 5.62. The smallest absolute Gasteiger partial charge is 0.0745 e. The van der Waals surface area contributed by atoms with E-state index in [0.29, 0.717) is 12.0 Å². The van der Waals surface area contributed by atoms with E-state index in [2.05, 4.69) is 10.2 Å². The molecular weight excluding hydrogens is 176 g/mol. The van der Waals surface area contributed by atoms with E-state index in [4.69, 9.17) is 5.73 Å². The highest BCUT2D eigenvalue weighted by molar-refractivity contribution is 4.79. The zero-order chi connectivity index (χ0) is 9.80. The Morgan fingerprint density at radius 2 is 1.93 bits per heavy atom. The van der Waals surface area contributed by atoms with Gasteiger partial charge in [0.05, 0.1) is 18.4 Å². The van der Waals surface area contributed by atoms with Crippen molar-refractivity contribution < 1.29 is 0 Å². The first-order valence-electron chi connectivity index (χ1n) is 5.47. The van der Waals surface area contributed by atoms with Crippen LogP contribution in [0.3, 0.4) is 0 Å². The van der Waals surface area contributed by atoms with Gasteiger partial charge in [-0.3, -0.25) is 0 Å². The van der Waals surface area contributed by atoms with Crippen molar-refractivity contribution in [3.63, 3.8) is 0 Å². The van der Waals surface area contributed by atoms with E-state index in [-0.39, 0.29) is 0 Å². The molecule has 14 heavy (non-hydrogen) atoms. The van der Waals surface area contributed by atoms with Gasteiger partial charge in [-0.25, -0.2) is 0 Å². The minimum Gasteiger partial charge on any atom is -0.330 e. The van der Waals surface area contributed by atoms with E-state index >= 15 is 0 Å². The zero-order valence-corrected chi connectivity index (χ0v) is 8.47. The molecule has 0 spiro atoms. The predicted octanol–water partition coefficient (Wildman–Crippen LogP) is 1.36. The molecule has 2 atom stereocenters. The minimum absolute atomic E-state index is 0.488. The van der Waals surface area contributed by atoms with E-state index < -0.39 is 0 Å². The van der Waals surface area contributed by atoms with Crippen molar-refractivity contribution in [3.8, 4) is 0 Å². The molecule has 2 unspecified atom stereocenters. The molecule has 78 valence electrons. The fourth-order valence-corrected chi connectivity index (χ4v) is 2.44. The van der Waals surface area contributed by atoms with Gasteiger partial charge >= 0.3 is 0 Å². The molecule has 2 N–H and O–H groups in total. The van der Waals surface area contributed by atoms with E-state index in [1.807, 2.05) is 4.80 Å². The Hall–Kier alpha value is -0.900. The molecule has 0 aliphatic heterocycles. The van der Waals surface area contributed by atoms with E-state index in [1.54, 1.807) is 12.4 Å². The molecule has 0 aromatic carbocycles. The lowest BCUT2D eigenvalue weighted by Crippen LogP contribution is -2.26. The molecule has 1 heterocycles. The quantitative estimate of drug-likeness (QED) is 0.790. The minimum atomic E-state index is 0.488. The molecular formula is C10H18N4. The second-order valence-electron chi connectivity index (χ2n) is 4.04. The van der Waals surface area contributed by atoms with Gasteiger partial charge in [0.2, 0.25) is 0 Å². The summed E-state index contributed by atoms with van der Waals surface area (Å²) in [5, 5.41) is 8.47. The number of nitrogens with two attached hydrogens (primary N) is 1. The van der Waals surface area contributed by atoms with Crippen LogP contribution in [0, 0.1) is 5.92 Å². The summed E-state index contributed by atoms with van der Waals surface area (Å²) < 4.78 is 0. The van der Waals surface area contributed by atoms with Crippen LogP contribution in [0.25, 0.3) is 0 Å². The van der Waals surface area contributed by atoms with E-state index in [1.165, 1.54) is 25.7 Å². The third-order valence-corrected chi connectivity index (χ3v) is 3.14. The highest BCUT2D eigenvalue weighted by Crippen LogP contribution is 2.34. The highest BCUT2D eigenvalue weighted by Gasteiger charge is 2.26. The summed E-state index contributed by atoms with van der Waals surface area (Å²) in [7, 11) is 0. The van der Waals surface area contributed by atoms with Crippen LogP contribution >= 0.6 is 0 Å². The standard InChI is InChI=1S/C10H18N4/c11-6-5-9-3-1-2-4-10(9)14-12-7-8-13-14/h7-10H,1-6,11H2. The van der Waals surface area contributed by atoms with E-state index in [0.717, 1.165) is 13.0 Å². The Bertz CT molecular complexity index is 255. The Balaban J connectivity index is 2.06. The molecule has 0 bridgehead atoms. The molecule has 1 aromatic rings. The number of hydrogen-bond donors (Lipinski definition) is 1. The number of rotatable bonds is 3. The largest absolute Gasteiger partial charge is 0.330 e. The molecule has 1 aromatic heterocycles. The van der Waals surface area contributed by atoms with Gasteiger partial charge in [0.1, 0.15) is 0 Å². The maximum Gasteiger partial charge on any atom is 0.0745 e. The lowest BCUT2D eigenvalue weighted by molar-refractivity contribution is 0.196.